The minimum absolute atomic E-state index is 0.116. The Morgan fingerprint density at radius 1 is 1.14 bits per heavy atom. The van der Waals surface area contributed by atoms with E-state index in [0.717, 1.165) is 18.4 Å². The van der Waals surface area contributed by atoms with Gasteiger partial charge in [0, 0.05) is 16.8 Å². The number of benzene rings is 1. The first kappa shape index (κ1) is 15.6. The summed E-state index contributed by atoms with van der Waals surface area (Å²) in [7, 11) is 0. The number of aromatic hydroxyl groups is 1. The number of H-pyrrole nitrogens is 1. The van der Waals surface area contributed by atoms with Gasteiger partial charge in [0.15, 0.2) is 5.75 Å². The Bertz CT molecular complexity index is 645. The van der Waals surface area contributed by atoms with E-state index >= 15 is 0 Å². The van der Waals surface area contributed by atoms with Crippen molar-refractivity contribution in [2.24, 2.45) is 0 Å². The van der Waals surface area contributed by atoms with Gasteiger partial charge in [0.1, 0.15) is 0 Å². The van der Waals surface area contributed by atoms with Crippen molar-refractivity contribution in [3.8, 4) is 5.75 Å². The number of nitrogens with one attached hydrogen (secondary N) is 1. The van der Waals surface area contributed by atoms with Gasteiger partial charge in [-0.3, -0.25) is 4.79 Å². The summed E-state index contributed by atoms with van der Waals surface area (Å²) in [5, 5.41) is 10.7. The van der Waals surface area contributed by atoms with Gasteiger partial charge in [0.05, 0.1) is 5.69 Å². The van der Waals surface area contributed by atoms with Crippen molar-refractivity contribution in [2.75, 3.05) is 0 Å². The maximum Gasteiger partial charge on any atom is 0.231 e. The normalized spacial score (nSPS) is 12.7. The number of aromatic nitrogens is 1. The monoisotopic (exact) mass is 287 g/mol. The molecule has 0 saturated heterocycles. The van der Waals surface area contributed by atoms with Crippen LogP contribution in [0.4, 0.5) is 0 Å². The standard InChI is InChI=1S/C18H25NO2/c1-3-4-5-6-7-10-13(2)16-18(21)17(20)14-11-8-9-12-15(14)19-16/h8-9,11-13,21H,3-7,10H2,1-2H3,(H,19,20). The van der Waals surface area contributed by atoms with Crippen molar-refractivity contribution in [3.63, 3.8) is 0 Å². The average molecular weight is 287 g/mol. The Labute approximate surface area is 126 Å². The second kappa shape index (κ2) is 7.30. The summed E-state index contributed by atoms with van der Waals surface area (Å²) in [6.07, 6.45) is 7.14. The molecule has 2 rings (SSSR count). The summed E-state index contributed by atoms with van der Waals surface area (Å²) < 4.78 is 0. The van der Waals surface area contributed by atoms with Crippen LogP contribution in [0.3, 0.4) is 0 Å². The van der Waals surface area contributed by atoms with Crippen LogP contribution < -0.4 is 5.43 Å². The molecule has 3 heteroatoms. The van der Waals surface area contributed by atoms with Gasteiger partial charge in [0.25, 0.3) is 0 Å². The zero-order valence-corrected chi connectivity index (χ0v) is 13.0. The average Bonchev–Trinajstić information content (AvgIpc) is 2.50. The second-order valence-corrected chi connectivity index (χ2v) is 5.87. The number of aromatic amines is 1. The van der Waals surface area contributed by atoms with E-state index in [1.165, 1.54) is 25.7 Å². The van der Waals surface area contributed by atoms with Crippen LogP contribution >= 0.6 is 0 Å². The van der Waals surface area contributed by atoms with E-state index in [-0.39, 0.29) is 17.1 Å². The summed E-state index contributed by atoms with van der Waals surface area (Å²) in [5.41, 5.74) is 1.21. The molecule has 2 aromatic rings. The van der Waals surface area contributed by atoms with Crippen LogP contribution in [0.25, 0.3) is 10.9 Å². The Balaban J connectivity index is 2.14. The molecular formula is C18H25NO2. The summed E-state index contributed by atoms with van der Waals surface area (Å²) in [6, 6.07) is 7.34. The van der Waals surface area contributed by atoms with Crippen LogP contribution in [-0.4, -0.2) is 10.1 Å². The van der Waals surface area contributed by atoms with Crippen molar-refractivity contribution < 1.29 is 5.11 Å². The number of pyridine rings is 1. The van der Waals surface area contributed by atoms with Gasteiger partial charge in [-0.25, -0.2) is 0 Å². The number of para-hydroxylation sites is 1. The minimum Gasteiger partial charge on any atom is -0.503 e. The molecule has 3 nitrogen and oxygen atoms in total. The van der Waals surface area contributed by atoms with Crippen LogP contribution in [0.5, 0.6) is 5.75 Å². The number of rotatable bonds is 7. The zero-order valence-electron chi connectivity index (χ0n) is 13.0. The molecule has 1 aromatic heterocycles. The van der Waals surface area contributed by atoms with E-state index in [4.69, 9.17) is 0 Å². The lowest BCUT2D eigenvalue weighted by molar-refractivity contribution is 0.448. The molecule has 21 heavy (non-hydrogen) atoms. The van der Waals surface area contributed by atoms with Gasteiger partial charge >= 0.3 is 0 Å². The lowest BCUT2D eigenvalue weighted by atomic mass is 9.97. The van der Waals surface area contributed by atoms with Crippen molar-refractivity contribution in [1.29, 1.82) is 0 Å². The summed E-state index contributed by atoms with van der Waals surface area (Å²) in [6.45, 7) is 4.28. The van der Waals surface area contributed by atoms with Crippen molar-refractivity contribution in [1.82, 2.24) is 4.98 Å². The molecule has 0 saturated carbocycles. The van der Waals surface area contributed by atoms with Crippen molar-refractivity contribution in [2.45, 2.75) is 58.3 Å². The van der Waals surface area contributed by atoms with Gasteiger partial charge in [-0.05, 0) is 18.6 Å². The van der Waals surface area contributed by atoms with Crippen LogP contribution in [0.2, 0.25) is 0 Å². The van der Waals surface area contributed by atoms with Crippen LogP contribution in [0.15, 0.2) is 29.1 Å². The molecule has 1 atom stereocenters. The maximum absolute atomic E-state index is 12.2. The molecule has 1 heterocycles. The molecule has 0 aliphatic heterocycles. The Morgan fingerprint density at radius 2 is 1.86 bits per heavy atom. The zero-order chi connectivity index (χ0) is 15.2. The molecular weight excluding hydrogens is 262 g/mol. The van der Waals surface area contributed by atoms with E-state index < -0.39 is 0 Å². The van der Waals surface area contributed by atoms with Crippen LogP contribution in [0.1, 0.15) is 64.0 Å². The summed E-state index contributed by atoms with van der Waals surface area (Å²) >= 11 is 0. The number of unbranched alkanes of at least 4 members (excludes halogenated alkanes) is 4. The van der Waals surface area contributed by atoms with E-state index in [1.807, 2.05) is 18.2 Å². The molecule has 1 aromatic carbocycles. The minimum atomic E-state index is -0.266. The van der Waals surface area contributed by atoms with Gasteiger partial charge in [0.2, 0.25) is 5.43 Å². The lowest BCUT2D eigenvalue weighted by Gasteiger charge is -2.14. The topological polar surface area (TPSA) is 53.1 Å². The molecule has 0 bridgehead atoms. The third-order valence-electron chi connectivity index (χ3n) is 4.14. The first-order valence-electron chi connectivity index (χ1n) is 7.99. The maximum atomic E-state index is 12.2. The number of hydrogen-bond acceptors (Lipinski definition) is 2. The summed E-state index contributed by atoms with van der Waals surface area (Å²) in [4.78, 5) is 15.4. The molecule has 2 N–H and O–H groups in total. The third kappa shape index (κ3) is 3.66. The fraction of sp³-hybridized carbons (Fsp3) is 0.500. The van der Waals surface area contributed by atoms with Gasteiger partial charge in [-0.15, -0.1) is 0 Å². The van der Waals surface area contributed by atoms with Gasteiger partial charge in [-0.2, -0.15) is 0 Å². The highest BCUT2D eigenvalue weighted by molar-refractivity contribution is 5.80. The SMILES string of the molecule is CCCCCCCC(C)c1[nH]c2ccccc2c(=O)c1O. The summed E-state index contributed by atoms with van der Waals surface area (Å²) in [5.74, 6) is 0.0543. The molecule has 114 valence electrons. The fourth-order valence-electron chi connectivity index (χ4n) is 2.80. The van der Waals surface area contributed by atoms with Gasteiger partial charge < -0.3 is 10.1 Å². The van der Waals surface area contributed by atoms with Crippen LogP contribution in [0, 0.1) is 0 Å². The van der Waals surface area contributed by atoms with Gasteiger partial charge in [-0.1, -0.05) is 58.1 Å². The molecule has 0 spiro atoms. The number of fused-ring (bicyclic) bond motifs is 1. The van der Waals surface area contributed by atoms with E-state index in [0.29, 0.717) is 11.1 Å². The predicted octanol–water partition coefficient (Wildman–Crippen LogP) is 4.70. The molecule has 1 unspecified atom stereocenters. The van der Waals surface area contributed by atoms with E-state index in [9.17, 15) is 9.90 Å². The molecule has 0 fully saturated rings. The Hall–Kier alpha value is -1.77. The van der Waals surface area contributed by atoms with Crippen molar-refractivity contribution in [3.05, 3.63) is 40.2 Å². The highest BCUT2D eigenvalue weighted by Gasteiger charge is 2.15. The Kier molecular flexibility index (Phi) is 5.43. The lowest BCUT2D eigenvalue weighted by Crippen LogP contribution is -2.09. The first-order valence-corrected chi connectivity index (χ1v) is 7.99. The highest BCUT2D eigenvalue weighted by Crippen LogP contribution is 2.27. The first-order chi connectivity index (χ1) is 10.1. The fourth-order valence-corrected chi connectivity index (χ4v) is 2.80. The molecule has 0 radical (unpaired) electrons. The third-order valence-corrected chi connectivity index (χ3v) is 4.14. The molecule has 0 amide bonds. The van der Waals surface area contributed by atoms with Crippen LogP contribution in [-0.2, 0) is 0 Å². The predicted molar refractivity (Wildman–Crippen MR) is 88.0 cm³/mol. The quantitative estimate of drug-likeness (QED) is 0.725. The second-order valence-electron chi connectivity index (χ2n) is 5.87. The molecule has 0 aliphatic carbocycles. The van der Waals surface area contributed by atoms with Crippen molar-refractivity contribution >= 4 is 10.9 Å². The molecule has 0 aliphatic rings. The largest absolute Gasteiger partial charge is 0.503 e. The Morgan fingerprint density at radius 3 is 2.62 bits per heavy atom. The highest BCUT2D eigenvalue weighted by atomic mass is 16.3. The number of hydrogen-bond donors (Lipinski definition) is 2. The smallest absolute Gasteiger partial charge is 0.231 e. The van der Waals surface area contributed by atoms with E-state index in [1.54, 1.807) is 6.07 Å². The van der Waals surface area contributed by atoms with E-state index in [2.05, 4.69) is 18.8 Å².